The fourth-order valence-electron chi connectivity index (χ4n) is 2.13. The molecule has 19 heavy (non-hydrogen) atoms. The summed E-state index contributed by atoms with van der Waals surface area (Å²) in [5, 5.41) is 12.2. The number of aryl methyl sites for hydroxylation is 1. The Morgan fingerprint density at radius 1 is 1.53 bits per heavy atom. The lowest BCUT2D eigenvalue weighted by molar-refractivity contribution is -0.143. The number of hydrogen-bond donors (Lipinski definition) is 2. The number of carbonyl (C=O) groups is 2. The van der Waals surface area contributed by atoms with E-state index in [1.165, 1.54) is 4.90 Å². The molecule has 2 N–H and O–H groups in total. The first kappa shape index (κ1) is 13.7. The van der Waals surface area contributed by atoms with Crippen LogP contribution in [0.2, 0.25) is 0 Å². The second-order valence-corrected chi connectivity index (χ2v) is 5.51. The van der Waals surface area contributed by atoms with E-state index < -0.39 is 18.0 Å². The van der Waals surface area contributed by atoms with E-state index in [0.717, 1.165) is 18.0 Å². The molecule has 7 nitrogen and oxygen atoms in total. The van der Waals surface area contributed by atoms with Crippen molar-refractivity contribution < 1.29 is 14.7 Å². The van der Waals surface area contributed by atoms with Crippen LogP contribution in [0.1, 0.15) is 25.6 Å². The quantitative estimate of drug-likeness (QED) is 0.859. The third-order valence-electron chi connectivity index (χ3n) is 3.15. The average molecular weight is 284 g/mol. The van der Waals surface area contributed by atoms with E-state index in [1.54, 1.807) is 6.92 Å². The molecule has 0 spiro atoms. The van der Waals surface area contributed by atoms with E-state index in [1.807, 2.05) is 6.92 Å². The second kappa shape index (κ2) is 5.52. The molecule has 1 aromatic heterocycles. The van der Waals surface area contributed by atoms with Crippen molar-refractivity contribution >= 4 is 28.7 Å². The molecule has 0 aromatic carbocycles. The number of aromatic nitrogens is 2. The van der Waals surface area contributed by atoms with Crippen LogP contribution >= 0.6 is 11.5 Å². The van der Waals surface area contributed by atoms with Crippen LogP contribution in [-0.4, -0.2) is 44.0 Å². The monoisotopic (exact) mass is 284 g/mol. The van der Waals surface area contributed by atoms with Crippen molar-refractivity contribution in [2.45, 2.75) is 32.7 Å². The maximum atomic E-state index is 12.1. The molecule has 104 valence electrons. The van der Waals surface area contributed by atoms with E-state index in [2.05, 4.69) is 14.7 Å². The number of hydrogen-bond acceptors (Lipinski definition) is 5. The number of anilines is 1. The SMILES string of the molecule is Cc1nsc(NC(=O)N2CCC(C)CC2C(=O)O)n1. The largest absolute Gasteiger partial charge is 0.480 e. The minimum Gasteiger partial charge on any atom is -0.480 e. The number of aliphatic carboxylic acids is 1. The van der Waals surface area contributed by atoms with E-state index in [4.69, 9.17) is 0 Å². The number of likely N-dealkylation sites (tertiary alicyclic amines) is 1. The second-order valence-electron chi connectivity index (χ2n) is 4.75. The highest BCUT2D eigenvalue weighted by Gasteiger charge is 2.35. The summed E-state index contributed by atoms with van der Waals surface area (Å²) in [6.07, 6.45) is 1.30. The molecule has 0 aliphatic carbocycles. The summed E-state index contributed by atoms with van der Waals surface area (Å²) in [5.41, 5.74) is 0. The van der Waals surface area contributed by atoms with Crippen molar-refractivity contribution in [3.8, 4) is 0 Å². The third-order valence-corrected chi connectivity index (χ3v) is 3.87. The molecule has 0 saturated carbocycles. The topological polar surface area (TPSA) is 95.4 Å². The lowest BCUT2D eigenvalue weighted by Crippen LogP contribution is -2.51. The zero-order valence-electron chi connectivity index (χ0n) is 10.8. The normalized spacial score (nSPS) is 23.2. The molecule has 2 unspecified atom stereocenters. The highest BCUT2D eigenvalue weighted by molar-refractivity contribution is 7.09. The molecule has 1 saturated heterocycles. The predicted molar refractivity (Wildman–Crippen MR) is 70.2 cm³/mol. The molecule has 2 heterocycles. The highest BCUT2D eigenvalue weighted by Crippen LogP contribution is 2.23. The summed E-state index contributed by atoms with van der Waals surface area (Å²) in [4.78, 5) is 28.7. The summed E-state index contributed by atoms with van der Waals surface area (Å²) >= 11 is 1.08. The van der Waals surface area contributed by atoms with Gasteiger partial charge in [-0.3, -0.25) is 5.32 Å². The minimum atomic E-state index is -0.963. The van der Waals surface area contributed by atoms with Crippen molar-refractivity contribution in [2.24, 2.45) is 5.92 Å². The Balaban J connectivity index is 2.06. The number of carboxylic acid groups (broad SMARTS) is 1. The van der Waals surface area contributed by atoms with Crippen molar-refractivity contribution in [3.63, 3.8) is 0 Å². The van der Waals surface area contributed by atoms with E-state index in [0.29, 0.717) is 29.8 Å². The Morgan fingerprint density at radius 3 is 2.84 bits per heavy atom. The summed E-state index contributed by atoms with van der Waals surface area (Å²) in [6, 6.07) is -1.19. The van der Waals surface area contributed by atoms with Gasteiger partial charge in [0, 0.05) is 18.1 Å². The van der Waals surface area contributed by atoms with Gasteiger partial charge in [-0.15, -0.1) is 0 Å². The van der Waals surface area contributed by atoms with Gasteiger partial charge in [-0.1, -0.05) is 6.92 Å². The fraction of sp³-hybridized carbons (Fsp3) is 0.636. The maximum Gasteiger partial charge on any atom is 0.326 e. The van der Waals surface area contributed by atoms with Crippen LogP contribution in [0.4, 0.5) is 9.93 Å². The number of rotatable bonds is 2. The van der Waals surface area contributed by atoms with Crippen molar-refractivity contribution in [3.05, 3.63) is 5.82 Å². The zero-order valence-corrected chi connectivity index (χ0v) is 11.6. The molecule has 1 aromatic rings. The molecule has 1 aliphatic heterocycles. The van der Waals surface area contributed by atoms with Gasteiger partial charge in [0.05, 0.1) is 0 Å². The number of carboxylic acids is 1. The summed E-state index contributed by atoms with van der Waals surface area (Å²) in [6.45, 7) is 4.18. The maximum absolute atomic E-state index is 12.1. The van der Waals surface area contributed by atoms with Gasteiger partial charge >= 0.3 is 12.0 Å². The standard InChI is InChI=1S/C11H16N4O3S/c1-6-3-4-15(8(5-6)9(16)17)11(18)13-10-12-7(2)14-19-10/h6,8H,3-5H2,1-2H3,(H,16,17)(H,12,13,14,18). The number of amides is 2. The van der Waals surface area contributed by atoms with Gasteiger partial charge in [0.1, 0.15) is 11.9 Å². The summed E-state index contributed by atoms with van der Waals surface area (Å²) < 4.78 is 3.96. The van der Waals surface area contributed by atoms with Crippen LogP contribution in [0.3, 0.4) is 0 Å². The van der Waals surface area contributed by atoms with Crippen molar-refractivity contribution in [1.29, 1.82) is 0 Å². The van der Waals surface area contributed by atoms with Gasteiger partial charge in [-0.2, -0.15) is 4.37 Å². The molecule has 1 aliphatic rings. The van der Waals surface area contributed by atoms with Gasteiger partial charge in [0.15, 0.2) is 0 Å². The average Bonchev–Trinajstić information content (AvgIpc) is 2.74. The molecular weight excluding hydrogens is 268 g/mol. The van der Waals surface area contributed by atoms with Crippen LogP contribution in [0.25, 0.3) is 0 Å². The highest BCUT2D eigenvalue weighted by atomic mass is 32.1. The molecule has 1 fully saturated rings. The van der Waals surface area contributed by atoms with Crippen LogP contribution in [-0.2, 0) is 4.79 Å². The van der Waals surface area contributed by atoms with Gasteiger partial charge in [-0.05, 0) is 25.7 Å². The number of nitrogens with one attached hydrogen (secondary N) is 1. The Hall–Kier alpha value is -1.70. The molecule has 0 radical (unpaired) electrons. The summed E-state index contributed by atoms with van der Waals surface area (Å²) in [7, 11) is 0. The van der Waals surface area contributed by atoms with E-state index in [-0.39, 0.29) is 0 Å². The first-order valence-corrected chi connectivity index (χ1v) is 6.85. The van der Waals surface area contributed by atoms with Gasteiger partial charge in [-0.25, -0.2) is 14.6 Å². The van der Waals surface area contributed by atoms with Gasteiger partial charge < -0.3 is 10.0 Å². The number of urea groups is 1. The molecule has 2 amide bonds. The first-order chi connectivity index (χ1) is 8.97. The zero-order chi connectivity index (χ0) is 14.0. The molecule has 8 heteroatoms. The Bertz CT molecular complexity index is 490. The molecule has 2 rings (SSSR count). The van der Waals surface area contributed by atoms with Gasteiger partial charge in [0.25, 0.3) is 0 Å². The lowest BCUT2D eigenvalue weighted by atomic mass is 9.93. The smallest absolute Gasteiger partial charge is 0.326 e. The lowest BCUT2D eigenvalue weighted by Gasteiger charge is -2.35. The van der Waals surface area contributed by atoms with Crippen molar-refractivity contribution in [1.82, 2.24) is 14.3 Å². The Morgan fingerprint density at radius 2 is 2.26 bits per heavy atom. The van der Waals surface area contributed by atoms with Crippen LogP contribution < -0.4 is 5.32 Å². The predicted octanol–water partition coefficient (Wildman–Crippen LogP) is 1.56. The Labute approximate surface area is 114 Å². The van der Waals surface area contributed by atoms with E-state index in [9.17, 15) is 14.7 Å². The number of carbonyl (C=O) groups excluding carboxylic acids is 1. The molecule has 0 bridgehead atoms. The van der Waals surface area contributed by atoms with Gasteiger partial charge in [0.2, 0.25) is 5.13 Å². The third kappa shape index (κ3) is 3.19. The van der Waals surface area contributed by atoms with E-state index >= 15 is 0 Å². The van der Waals surface area contributed by atoms with Crippen molar-refractivity contribution in [2.75, 3.05) is 11.9 Å². The van der Waals surface area contributed by atoms with Crippen LogP contribution in [0.15, 0.2) is 0 Å². The number of nitrogens with zero attached hydrogens (tertiary/aromatic N) is 3. The minimum absolute atomic E-state index is 0.314. The molecular formula is C11H16N4O3S. The number of piperidine rings is 1. The van der Waals surface area contributed by atoms with Crippen LogP contribution in [0, 0.1) is 12.8 Å². The Kier molecular flexibility index (Phi) is 3.98. The molecule has 2 atom stereocenters. The van der Waals surface area contributed by atoms with Crippen LogP contribution in [0.5, 0.6) is 0 Å². The fourth-order valence-corrected chi connectivity index (χ4v) is 2.70. The first-order valence-electron chi connectivity index (χ1n) is 6.08. The summed E-state index contributed by atoms with van der Waals surface area (Å²) in [5.74, 6) is -0.0635.